The third kappa shape index (κ3) is 5.45. The monoisotopic (exact) mass is 425 g/mol. The van der Waals surface area contributed by atoms with E-state index in [0.29, 0.717) is 36.6 Å². The molecule has 28 heavy (non-hydrogen) atoms. The second-order valence-electron chi connectivity index (χ2n) is 6.51. The van der Waals surface area contributed by atoms with Gasteiger partial charge in [-0.3, -0.25) is 9.52 Å². The number of hydrogen-bond acceptors (Lipinski definition) is 5. The second kappa shape index (κ2) is 9.38. The molecule has 152 valence electrons. The number of morpholine rings is 1. The Balaban J connectivity index is 0.00000280. The first-order chi connectivity index (χ1) is 12.8. The van der Waals surface area contributed by atoms with E-state index in [1.807, 2.05) is 13.0 Å². The molecule has 0 bridgehead atoms. The maximum absolute atomic E-state index is 12.8. The number of anilines is 2. The minimum Gasteiger partial charge on any atom is -0.366 e. The lowest BCUT2D eigenvalue weighted by Gasteiger charge is -2.23. The minimum atomic E-state index is -3.79. The van der Waals surface area contributed by atoms with Crippen molar-refractivity contribution in [2.75, 3.05) is 29.7 Å². The maximum atomic E-state index is 12.8. The molecular formula is C19H24ClN3O4S. The van der Waals surface area contributed by atoms with Gasteiger partial charge in [-0.05, 0) is 49.2 Å². The van der Waals surface area contributed by atoms with E-state index in [2.05, 4.69) is 15.4 Å². The van der Waals surface area contributed by atoms with E-state index in [1.54, 1.807) is 37.3 Å². The van der Waals surface area contributed by atoms with Gasteiger partial charge in [0.1, 0.15) is 6.10 Å². The molecule has 2 aromatic carbocycles. The van der Waals surface area contributed by atoms with Crippen LogP contribution in [0.1, 0.15) is 11.1 Å². The molecule has 3 rings (SSSR count). The number of carbonyl (C=O) groups excluding carboxylic acids is 1. The summed E-state index contributed by atoms with van der Waals surface area (Å²) in [6, 6.07) is 11.9. The van der Waals surface area contributed by atoms with Crippen LogP contribution in [0.3, 0.4) is 0 Å². The summed E-state index contributed by atoms with van der Waals surface area (Å²) >= 11 is 0. The van der Waals surface area contributed by atoms with Crippen molar-refractivity contribution in [1.82, 2.24) is 5.32 Å². The number of carbonyl (C=O) groups is 1. The molecule has 2 aromatic rings. The zero-order valence-corrected chi connectivity index (χ0v) is 17.3. The normalized spacial score (nSPS) is 16.7. The molecule has 1 heterocycles. The Kier molecular flexibility index (Phi) is 7.42. The third-order valence-corrected chi connectivity index (χ3v) is 5.76. The van der Waals surface area contributed by atoms with Gasteiger partial charge in [0.05, 0.1) is 11.5 Å². The van der Waals surface area contributed by atoms with Crippen LogP contribution in [0.2, 0.25) is 0 Å². The van der Waals surface area contributed by atoms with Gasteiger partial charge in [-0.25, -0.2) is 8.42 Å². The summed E-state index contributed by atoms with van der Waals surface area (Å²) in [7, 11) is -3.79. The largest absolute Gasteiger partial charge is 0.366 e. The highest BCUT2D eigenvalue weighted by Crippen LogP contribution is 2.23. The molecule has 0 spiro atoms. The highest BCUT2D eigenvalue weighted by Gasteiger charge is 2.23. The Bertz CT molecular complexity index is 944. The van der Waals surface area contributed by atoms with Gasteiger partial charge >= 0.3 is 0 Å². The van der Waals surface area contributed by atoms with Gasteiger partial charge in [0, 0.05) is 24.5 Å². The Hall–Kier alpha value is -2.13. The van der Waals surface area contributed by atoms with Gasteiger partial charge in [0.25, 0.3) is 15.9 Å². The number of hydrogen-bond donors (Lipinski definition) is 3. The standard InChI is InChI=1S/C19H23N3O4S.ClH/c1-13-4-3-5-16(10-13)22-27(24,25)18-11-15(7-6-14(18)2)21-19(23)17-12-20-8-9-26-17;/h3-7,10-11,17,20,22H,8-9,12H2,1-2H3,(H,21,23);1H. The lowest BCUT2D eigenvalue weighted by molar-refractivity contribution is -0.128. The number of amides is 1. The van der Waals surface area contributed by atoms with Crippen LogP contribution < -0.4 is 15.4 Å². The van der Waals surface area contributed by atoms with Gasteiger partial charge in [-0.2, -0.15) is 0 Å². The summed E-state index contributed by atoms with van der Waals surface area (Å²) in [5.41, 5.74) is 2.44. The summed E-state index contributed by atoms with van der Waals surface area (Å²) in [6.07, 6.45) is -0.592. The Labute approximate surface area is 171 Å². The predicted molar refractivity (Wildman–Crippen MR) is 112 cm³/mol. The topological polar surface area (TPSA) is 96.5 Å². The van der Waals surface area contributed by atoms with E-state index in [9.17, 15) is 13.2 Å². The Morgan fingerprint density at radius 1 is 1.14 bits per heavy atom. The second-order valence-corrected chi connectivity index (χ2v) is 8.16. The molecule has 3 N–H and O–H groups in total. The number of rotatable bonds is 5. The van der Waals surface area contributed by atoms with E-state index in [0.717, 1.165) is 5.56 Å². The molecule has 0 aromatic heterocycles. The first-order valence-corrected chi connectivity index (χ1v) is 10.2. The van der Waals surface area contributed by atoms with Crippen LogP contribution >= 0.6 is 12.4 Å². The van der Waals surface area contributed by atoms with Crippen LogP contribution in [0.5, 0.6) is 0 Å². The fourth-order valence-corrected chi connectivity index (χ4v) is 4.16. The summed E-state index contributed by atoms with van der Waals surface area (Å²) in [5, 5.41) is 5.81. The van der Waals surface area contributed by atoms with Gasteiger partial charge < -0.3 is 15.4 Å². The summed E-state index contributed by atoms with van der Waals surface area (Å²) in [6.45, 7) is 5.21. The molecule has 1 amide bonds. The minimum absolute atomic E-state index is 0. The quantitative estimate of drug-likeness (QED) is 0.683. The average molecular weight is 426 g/mol. The fourth-order valence-electron chi connectivity index (χ4n) is 2.84. The molecule has 1 atom stereocenters. The first-order valence-electron chi connectivity index (χ1n) is 8.68. The smallest absolute Gasteiger partial charge is 0.262 e. The summed E-state index contributed by atoms with van der Waals surface area (Å²) < 4.78 is 33.6. The average Bonchev–Trinajstić information content (AvgIpc) is 2.63. The molecule has 1 fully saturated rings. The Morgan fingerprint density at radius 2 is 1.93 bits per heavy atom. The van der Waals surface area contributed by atoms with Crippen molar-refractivity contribution in [2.24, 2.45) is 0 Å². The van der Waals surface area contributed by atoms with Crippen LogP contribution in [0.25, 0.3) is 0 Å². The first kappa shape index (κ1) is 22.2. The predicted octanol–water partition coefficient (Wildman–Crippen LogP) is 2.45. The number of nitrogens with one attached hydrogen (secondary N) is 3. The molecule has 1 aliphatic heterocycles. The molecule has 1 saturated heterocycles. The zero-order chi connectivity index (χ0) is 19.4. The zero-order valence-electron chi connectivity index (χ0n) is 15.7. The van der Waals surface area contributed by atoms with E-state index in [1.165, 1.54) is 6.07 Å². The van der Waals surface area contributed by atoms with E-state index < -0.39 is 16.1 Å². The lowest BCUT2D eigenvalue weighted by Crippen LogP contribution is -2.45. The molecule has 1 aliphatic rings. The molecular weight excluding hydrogens is 402 g/mol. The number of halogens is 1. The number of benzene rings is 2. The van der Waals surface area contributed by atoms with E-state index >= 15 is 0 Å². The van der Waals surface area contributed by atoms with E-state index in [4.69, 9.17) is 4.74 Å². The number of sulfonamides is 1. The van der Waals surface area contributed by atoms with Gasteiger partial charge in [0.2, 0.25) is 0 Å². The van der Waals surface area contributed by atoms with Gasteiger partial charge in [-0.1, -0.05) is 18.2 Å². The lowest BCUT2D eigenvalue weighted by atomic mass is 10.2. The van der Waals surface area contributed by atoms with Crippen molar-refractivity contribution in [2.45, 2.75) is 24.8 Å². The molecule has 7 nitrogen and oxygen atoms in total. The van der Waals surface area contributed by atoms with Crippen LogP contribution in [0.4, 0.5) is 11.4 Å². The number of aryl methyl sites for hydroxylation is 2. The van der Waals surface area contributed by atoms with Crippen LogP contribution in [-0.2, 0) is 19.6 Å². The molecule has 0 saturated carbocycles. The van der Waals surface area contributed by atoms with E-state index in [-0.39, 0.29) is 23.2 Å². The van der Waals surface area contributed by atoms with Crippen LogP contribution in [0, 0.1) is 13.8 Å². The van der Waals surface area contributed by atoms with Crippen LogP contribution in [-0.4, -0.2) is 40.1 Å². The van der Waals surface area contributed by atoms with Crippen molar-refractivity contribution < 1.29 is 17.9 Å². The van der Waals surface area contributed by atoms with Crippen molar-refractivity contribution >= 4 is 39.7 Å². The number of ether oxygens (including phenoxy) is 1. The third-order valence-electron chi connectivity index (χ3n) is 4.24. The molecule has 0 aliphatic carbocycles. The van der Waals surface area contributed by atoms with Crippen LogP contribution in [0.15, 0.2) is 47.4 Å². The highest BCUT2D eigenvalue weighted by molar-refractivity contribution is 7.92. The van der Waals surface area contributed by atoms with Crippen molar-refractivity contribution in [3.05, 3.63) is 53.6 Å². The highest BCUT2D eigenvalue weighted by atomic mass is 35.5. The van der Waals surface area contributed by atoms with Crippen molar-refractivity contribution in [3.8, 4) is 0 Å². The Morgan fingerprint density at radius 3 is 2.61 bits per heavy atom. The maximum Gasteiger partial charge on any atom is 0.262 e. The fraction of sp³-hybridized carbons (Fsp3) is 0.316. The van der Waals surface area contributed by atoms with Gasteiger partial charge in [-0.15, -0.1) is 12.4 Å². The molecule has 9 heteroatoms. The summed E-state index contributed by atoms with van der Waals surface area (Å²) in [5.74, 6) is -0.305. The van der Waals surface area contributed by atoms with Crippen molar-refractivity contribution in [1.29, 1.82) is 0 Å². The molecule has 0 radical (unpaired) electrons. The SMILES string of the molecule is Cc1cccc(NS(=O)(=O)c2cc(NC(=O)C3CNCCO3)ccc2C)c1.Cl. The van der Waals surface area contributed by atoms with Crippen molar-refractivity contribution in [3.63, 3.8) is 0 Å². The van der Waals surface area contributed by atoms with Gasteiger partial charge in [0.15, 0.2) is 0 Å². The molecule has 1 unspecified atom stereocenters. The summed E-state index contributed by atoms with van der Waals surface area (Å²) in [4.78, 5) is 12.4.